The van der Waals surface area contributed by atoms with Gasteiger partial charge in [0.05, 0.1) is 12.3 Å². The summed E-state index contributed by atoms with van der Waals surface area (Å²) in [4.78, 5) is 26.5. The molecule has 1 aliphatic rings. The van der Waals surface area contributed by atoms with E-state index in [0.717, 1.165) is 31.4 Å². The van der Waals surface area contributed by atoms with Crippen molar-refractivity contribution in [2.45, 2.75) is 38.6 Å². The highest BCUT2D eigenvalue weighted by molar-refractivity contribution is 5.85. The molecule has 1 aromatic rings. The average Bonchev–Trinajstić information content (AvgIpc) is 2.55. The van der Waals surface area contributed by atoms with Gasteiger partial charge >= 0.3 is 0 Å². The maximum atomic E-state index is 12.4. The molecule has 6 heteroatoms. The minimum absolute atomic E-state index is 0. The van der Waals surface area contributed by atoms with Crippen molar-refractivity contribution >= 4 is 24.2 Å². The van der Waals surface area contributed by atoms with Crippen molar-refractivity contribution < 1.29 is 9.59 Å². The van der Waals surface area contributed by atoms with Crippen LogP contribution in [0.1, 0.15) is 31.7 Å². The van der Waals surface area contributed by atoms with Crippen molar-refractivity contribution in [3.63, 3.8) is 0 Å². The van der Waals surface area contributed by atoms with Gasteiger partial charge in [-0.25, -0.2) is 0 Å². The van der Waals surface area contributed by atoms with Gasteiger partial charge in [-0.2, -0.15) is 0 Å². The van der Waals surface area contributed by atoms with Crippen molar-refractivity contribution in [1.29, 1.82) is 0 Å². The minimum atomic E-state index is -0.100. The lowest BCUT2D eigenvalue weighted by Gasteiger charge is -2.32. The van der Waals surface area contributed by atoms with Crippen molar-refractivity contribution in [3.8, 4) is 0 Å². The molecule has 1 saturated heterocycles. The topological polar surface area (TPSA) is 75.4 Å². The molecule has 1 aliphatic heterocycles. The van der Waals surface area contributed by atoms with Crippen LogP contribution >= 0.6 is 12.4 Å². The van der Waals surface area contributed by atoms with E-state index >= 15 is 0 Å². The smallest absolute Gasteiger partial charge is 0.227 e. The number of nitrogens with one attached hydrogen (secondary N) is 1. The lowest BCUT2D eigenvalue weighted by atomic mass is 9.96. The Kier molecular flexibility index (Phi) is 8.79. The van der Waals surface area contributed by atoms with Gasteiger partial charge in [-0.15, -0.1) is 12.4 Å². The summed E-state index contributed by atoms with van der Waals surface area (Å²) in [7, 11) is 0. The fourth-order valence-corrected chi connectivity index (χ4v) is 2.87. The van der Waals surface area contributed by atoms with Crippen molar-refractivity contribution in [3.05, 3.63) is 35.9 Å². The molecule has 1 heterocycles. The van der Waals surface area contributed by atoms with Crippen LogP contribution in [0.3, 0.4) is 0 Å². The molecule has 2 rings (SSSR count). The highest BCUT2D eigenvalue weighted by atomic mass is 35.5. The number of hydrogen-bond acceptors (Lipinski definition) is 3. The first kappa shape index (κ1) is 20.5. The van der Waals surface area contributed by atoms with E-state index in [1.807, 2.05) is 42.2 Å². The van der Waals surface area contributed by atoms with Crippen molar-refractivity contribution in [2.24, 2.45) is 11.7 Å². The Morgan fingerprint density at radius 3 is 2.71 bits per heavy atom. The van der Waals surface area contributed by atoms with Crippen LogP contribution in [0.25, 0.3) is 0 Å². The monoisotopic (exact) mass is 353 g/mol. The van der Waals surface area contributed by atoms with E-state index in [1.54, 1.807) is 0 Å². The summed E-state index contributed by atoms with van der Waals surface area (Å²) in [6.45, 7) is 3.80. The Labute approximate surface area is 150 Å². The third-order valence-corrected chi connectivity index (χ3v) is 4.24. The molecule has 2 atom stereocenters. The summed E-state index contributed by atoms with van der Waals surface area (Å²) >= 11 is 0. The van der Waals surface area contributed by atoms with E-state index < -0.39 is 0 Å². The quantitative estimate of drug-likeness (QED) is 0.818. The van der Waals surface area contributed by atoms with E-state index in [0.29, 0.717) is 19.5 Å². The summed E-state index contributed by atoms with van der Waals surface area (Å²) in [6.07, 6.45) is 2.90. The van der Waals surface area contributed by atoms with Crippen LogP contribution in [-0.4, -0.2) is 42.4 Å². The maximum absolute atomic E-state index is 12.4. The van der Waals surface area contributed by atoms with Crippen molar-refractivity contribution in [2.75, 3.05) is 19.6 Å². The van der Waals surface area contributed by atoms with E-state index in [4.69, 9.17) is 5.73 Å². The summed E-state index contributed by atoms with van der Waals surface area (Å²) < 4.78 is 0. The third-order valence-electron chi connectivity index (χ3n) is 4.24. The number of carbonyl (C=O) groups excluding carboxylic acids is 2. The zero-order valence-corrected chi connectivity index (χ0v) is 15.1. The van der Waals surface area contributed by atoms with E-state index in [1.165, 1.54) is 0 Å². The Bertz CT molecular complexity index is 522. The first-order chi connectivity index (χ1) is 11.1. The predicted octanol–water partition coefficient (Wildman–Crippen LogP) is 1.74. The van der Waals surface area contributed by atoms with Gasteiger partial charge in [-0.3, -0.25) is 9.59 Å². The number of benzene rings is 1. The standard InChI is InChI=1S/C18H27N3O2.ClH/c1-14(19)9-10-20-18(23)16-8-5-11-21(13-16)17(22)12-15-6-3-2-4-7-15;/h2-4,6-7,14,16H,5,8-13,19H2,1H3,(H,20,23);1H. The molecule has 0 bridgehead atoms. The van der Waals surface area contributed by atoms with E-state index in [-0.39, 0.29) is 36.2 Å². The highest BCUT2D eigenvalue weighted by Gasteiger charge is 2.28. The van der Waals surface area contributed by atoms with Crippen LogP contribution in [0, 0.1) is 5.92 Å². The van der Waals surface area contributed by atoms with E-state index in [9.17, 15) is 9.59 Å². The summed E-state index contributed by atoms with van der Waals surface area (Å²) in [5.41, 5.74) is 6.70. The van der Waals surface area contributed by atoms with Gasteiger partial charge in [0.2, 0.25) is 11.8 Å². The molecule has 24 heavy (non-hydrogen) atoms. The number of nitrogens with two attached hydrogens (primary N) is 1. The second kappa shape index (κ2) is 10.3. The molecule has 134 valence electrons. The number of likely N-dealkylation sites (tertiary alicyclic amines) is 1. The van der Waals surface area contributed by atoms with Gasteiger partial charge in [0, 0.05) is 25.7 Å². The van der Waals surface area contributed by atoms with Gasteiger partial charge in [0.15, 0.2) is 0 Å². The van der Waals surface area contributed by atoms with Crippen LogP contribution in [0.15, 0.2) is 30.3 Å². The van der Waals surface area contributed by atoms with Crippen LogP contribution < -0.4 is 11.1 Å². The molecule has 0 saturated carbocycles. The fourth-order valence-electron chi connectivity index (χ4n) is 2.87. The molecular formula is C18H28ClN3O2. The van der Waals surface area contributed by atoms with Crippen LogP contribution in [-0.2, 0) is 16.0 Å². The average molecular weight is 354 g/mol. The lowest BCUT2D eigenvalue weighted by molar-refractivity contribution is -0.135. The molecule has 3 N–H and O–H groups in total. The number of amides is 2. The molecular weight excluding hydrogens is 326 g/mol. The van der Waals surface area contributed by atoms with Gasteiger partial charge in [0.25, 0.3) is 0 Å². The Balaban J connectivity index is 0.00000288. The largest absolute Gasteiger partial charge is 0.356 e. The number of carbonyl (C=O) groups is 2. The molecule has 5 nitrogen and oxygen atoms in total. The molecule has 2 amide bonds. The molecule has 0 aliphatic carbocycles. The predicted molar refractivity (Wildman–Crippen MR) is 98.0 cm³/mol. The Hall–Kier alpha value is -1.59. The van der Waals surface area contributed by atoms with Crippen LogP contribution in [0.5, 0.6) is 0 Å². The zero-order valence-electron chi connectivity index (χ0n) is 14.2. The number of piperidine rings is 1. The summed E-state index contributed by atoms with van der Waals surface area (Å²) in [6, 6.07) is 9.82. The zero-order chi connectivity index (χ0) is 16.7. The third kappa shape index (κ3) is 6.49. The van der Waals surface area contributed by atoms with Gasteiger partial charge in [0.1, 0.15) is 0 Å². The normalized spacial score (nSPS) is 18.4. The number of rotatable bonds is 6. The second-order valence-corrected chi connectivity index (χ2v) is 6.40. The van der Waals surface area contributed by atoms with Gasteiger partial charge in [-0.1, -0.05) is 30.3 Å². The minimum Gasteiger partial charge on any atom is -0.356 e. The van der Waals surface area contributed by atoms with Crippen LogP contribution in [0.2, 0.25) is 0 Å². The second-order valence-electron chi connectivity index (χ2n) is 6.40. The summed E-state index contributed by atoms with van der Waals surface area (Å²) in [5.74, 6) is 0.0451. The molecule has 2 unspecified atom stereocenters. The Morgan fingerprint density at radius 2 is 2.04 bits per heavy atom. The number of nitrogens with zero attached hydrogens (tertiary/aromatic N) is 1. The lowest BCUT2D eigenvalue weighted by Crippen LogP contribution is -2.46. The maximum Gasteiger partial charge on any atom is 0.227 e. The van der Waals surface area contributed by atoms with Gasteiger partial charge < -0.3 is 16.0 Å². The van der Waals surface area contributed by atoms with Crippen LogP contribution in [0.4, 0.5) is 0 Å². The number of hydrogen-bond donors (Lipinski definition) is 2. The molecule has 0 spiro atoms. The van der Waals surface area contributed by atoms with E-state index in [2.05, 4.69) is 5.32 Å². The summed E-state index contributed by atoms with van der Waals surface area (Å²) in [5, 5.41) is 2.94. The van der Waals surface area contributed by atoms with Crippen molar-refractivity contribution in [1.82, 2.24) is 10.2 Å². The first-order valence-corrected chi connectivity index (χ1v) is 8.41. The molecule has 0 aromatic heterocycles. The first-order valence-electron chi connectivity index (χ1n) is 8.41. The number of halogens is 1. The fraction of sp³-hybridized carbons (Fsp3) is 0.556. The van der Waals surface area contributed by atoms with Gasteiger partial charge in [-0.05, 0) is 31.7 Å². The molecule has 1 fully saturated rings. The molecule has 1 aromatic carbocycles. The highest BCUT2D eigenvalue weighted by Crippen LogP contribution is 2.18. The SMILES string of the molecule is CC(N)CCNC(=O)C1CCCN(C(=O)Cc2ccccc2)C1.Cl. The molecule has 0 radical (unpaired) electrons. The Morgan fingerprint density at radius 1 is 1.33 bits per heavy atom.